The fourth-order valence-corrected chi connectivity index (χ4v) is 3.08. The summed E-state index contributed by atoms with van der Waals surface area (Å²) in [6.07, 6.45) is 5.44. The number of anilines is 1. The van der Waals surface area contributed by atoms with Crippen LogP contribution in [0.2, 0.25) is 0 Å². The Morgan fingerprint density at radius 1 is 1.30 bits per heavy atom. The zero-order valence-corrected chi connectivity index (χ0v) is 14.5. The van der Waals surface area contributed by atoms with E-state index in [2.05, 4.69) is 24.3 Å². The molecular formula is C17H28N4O2. The summed E-state index contributed by atoms with van der Waals surface area (Å²) in [5, 5.41) is 7.44. The number of hydrogen-bond donors (Lipinski definition) is 1. The zero-order chi connectivity index (χ0) is 16.8. The van der Waals surface area contributed by atoms with Gasteiger partial charge in [-0.1, -0.05) is 20.3 Å². The highest BCUT2D eigenvalue weighted by Crippen LogP contribution is 2.22. The van der Waals surface area contributed by atoms with Gasteiger partial charge in [-0.05, 0) is 32.6 Å². The molecule has 2 rings (SSSR count). The van der Waals surface area contributed by atoms with Gasteiger partial charge in [-0.15, -0.1) is 0 Å². The van der Waals surface area contributed by atoms with E-state index in [-0.39, 0.29) is 24.4 Å². The molecule has 0 aliphatic carbocycles. The Morgan fingerprint density at radius 2 is 2.04 bits per heavy atom. The monoisotopic (exact) mass is 320 g/mol. The molecular weight excluding hydrogens is 292 g/mol. The van der Waals surface area contributed by atoms with Gasteiger partial charge in [0.2, 0.25) is 11.8 Å². The molecule has 6 heteroatoms. The van der Waals surface area contributed by atoms with E-state index in [0.29, 0.717) is 13.0 Å². The van der Waals surface area contributed by atoms with Gasteiger partial charge in [0.1, 0.15) is 5.82 Å². The van der Waals surface area contributed by atoms with Crippen LogP contribution in [-0.2, 0) is 9.59 Å². The molecule has 2 heterocycles. The van der Waals surface area contributed by atoms with Crippen LogP contribution in [0.15, 0.2) is 6.07 Å². The van der Waals surface area contributed by atoms with Crippen LogP contribution < -0.4 is 5.32 Å². The second kappa shape index (κ2) is 8.13. The molecule has 0 radical (unpaired) electrons. The molecule has 1 saturated heterocycles. The number of carbonyl (C=O) groups excluding carboxylic acids is 2. The van der Waals surface area contributed by atoms with E-state index < -0.39 is 0 Å². The summed E-state index contributed by atoms with van der Waals surface area (Å²) >= 11 is 0. The number of carbonyl (C=O) groups is 2. The lowest BCUT2D eigenvalue weighted by molar-refractivity contribution is -0.134. The van der Waals surface area contributed by atoms with Crippen LogP contribution in [0, 0.1) is 6.92 Å². The van der Waals surface area contributed by atoms with Gasteiger partial charge in [-0.3, -0.25) is 9.59 Å². The van der Waals surface area contributed by atoms with E-state index in [0.717, 1.165) is 43.6 Å². The molecule has 23 heavy (non-hydrogen) atoms. The minimum atomic E-state index is -0.146. The summed E-state index contributed by atoms with van der Waals surface area (Å²) in [6.45, 7) is 6.97. The van der Waals surface area contributed by atoms with Gasteiger partial charge >= 0.3 is 0 Å². The summed E-state index contributed by atoms with van der Waals surface area (Å²) in [6, 6.07) is 2.17. The molecule has 6 nitrogen and oxygen atoms in total. The number of nitrogens with zero attached hydrogens (tertiary/aromatic N) is 3. The Hall–Kier alpha value is -1.85. The van der Waals surface area contributed by atoms with Crippen molar-refractivity contribution in [2.75, 3.05) is 18.4 Å². The highest BCUT2D eigenvalue weighted by molar-refractivity contribution is 5.94. The van der Waals surface area contributed by atoms with Crippen molar-refractivity contribution < 1.29 is 9.59 Å². The van der Waals surface area contributed by atoms with Gasteiger partial charge in [0.15, 0.2) is 0 Å². The van der Waals surface area contributed by atoms with E-state index in [4.69, 9.17) is 0 Å². The van der Waals surface area contributed by atoms with Crippen molar-refractivity contribution in [2.24, 2.45) is 0 Å². The van der Waals surface area contributed by atoms with Crippen LogP contribution in [0.1, 0.15) is 64.1 Å². The fourth-order valence-electron chi connectivity index (χ4n) is 3.08. The number of likely N-dealkylation sites (tertiary alicyclic amines) is 1. The smallest absolute Gasteiger partial charge is 0.245 e. The molecule has 1 fully saturated rings. The predicted octanol–water partition coefficient (Wildman–Crippen LogP) is 2.89. The Balaban J connectivity index is 2.03. The Bertz CT molecular complexity index is 549. The molecule has 0 spiro atoms. The number of hydrogen-bond acceptors (Lipinski definition) is 3. The molecule has 0 aromatic carbocycles. The lowest BCUT2D eigenvalue weighted by atomic mass is 10.2. The molecule has 2 amide bonds. The van der Waals surface area contributed by atoms with Crippen molar-refractivity contribution in [3.63, 3.8) is 0 Å². The lowest BCUT2D eigenvalue weighted by Gasteiger charge is -2.21. The summed E-state index contributed by atoms with van der Waals surface area (Å²) in [5.41, 5.74) is 0.887. The molecule has 1 aromatic heterocycles. The standard InChI is InChI=1S/C17H28N4O2/c1-4-14(5-2)21-15(11-13(3)19-21)18-16(22)12-20-10-8-6-7-9-17(20)23/h11,14H,4-10,12H2,1-3H3,(H,18,22). The van der Waals surface area contributed by atoms with Gasteiger partial charge in [0, 0.05) is 19.0 Å². The topological polar surface area (TPSA) is 67.2 Å². The fraction of sp³-hybridized carbons (Fsp3) is 0.706. The second-order valence-electron chi connectivity index (χ2n) is 6.26. The molecule has 0 atom stereocenters. The van der Waals surface area contributed by atoms with Crippen molar-refractivity contribution in [1.29, 1.82) is 0 Å². The highest BCUT2D eigenvalue weighted by Gasteiger charge is 2.21. The average Bonchev–Trinajstić information content (AvgIpc) is 2.74. The predicted molar refractivity (Wildman–Crippen MR) is 90.3 cm³/mol. The minimum Gasteiger partial charge on any atom is -0.333 e. The summed E-state index contributed by atoms with van der Waals surface area (Å²) in [7, 11) is 0. The third-order valence-corrected chi connectivity index (χ3v) is 4.42. The number of aromatic nitrogens is 2. The van der Waals surface area contributed by atoms with E-state index in [1.54, 1.807) is 4.90 Å². The Labute approximate surface area is 138 Å². The molecule has 0 saturated carbocycles. The quantitative estimate of drug-likeness (QED) is 0.876. The number of amides is 2. The Morgan fingerprint density at radius 3 is 2.74 bits per heavy atom. The number of rotatable bonds is 6. The van der Waals surface area contributed by atoms with E-state index in [1.807, 2.05) is 17.7 Å². The maximum atomic E-state index is 12.4. The summed E-state index contributed by atoms with van der Waals surface area (Å²) < 4.78 is 1.90. The molecule has 1 N–H and O–H groups in total. The maximum Gasteiger partial charge on any atom is 0.245 e. The van der Waals surface area contributed by atoms with Crippen LogP contribution in [0.25, 0.3) is 0 Å². The Kier molecular flexibility index (Phi) is 6.19. The zero-order valence-electron chi connectivity index (χ0n) is 14.5. The molecule has 1 aliphatic rings. The van der Waals surface area contributed by atoms with E-state index in [9.17, 15) is 9.59 Å². The maximum absolute atomic E-state index is 12.4. The van der Waals surface area contributed by atoms with Crippen LogP contribution in [0.4, 0.5) is 5.82 Å². The van der Waals surface area contributed by atoms with Crippen molar-refractivity contribution in [1.82, 2.24) is 14.7 Å². The first-order valence-electron chi connectivity index (χ1n) is 8.68. The third kappa shape index (κ3) is 4.56. The minimum absolute atomic E-state index is 0.0855. The molecule has 128 valence electrons. The van der Waals surface area contributed by atoms with Gasteiger partial charge in [0.05, 0.1) is 18.3 Å². The van der Waals surface area contributed by atoms with Crippen LogP contribution >= 0.6 is 0 Å². The normalized spacial score (nSPS) is 15.8. The van der Waals surface area contributed by atoms with E-state index in [1.165, 1.54) is 0 Å². The molecule has 0 bridgehead atoms. The first kappa shape index (κ1) is 17.5. The SMILES string of the molecule is CCC(CC)n1nc(C)cc1NC(=O)CN1CCCCCC1=O. The van der Waals surface area contributed by atoms with Crippen LogP contribution in [-0.4, -0.2) is 39.6 Å². The average molecular weight is 320 g/mol. The first-order valence-corrected chi connectivity index (χ1v) is 8.68. The lowest BCUT2D eigenvalue weighted by Crippen LogP contribution is -2.38. The van der Waals surface area contributed by atoms with E-state index >= 15 is 0 Å². The van der Waals surface area contributed by atoms with Crippen molar-refractivity contribution in [3.05, 3.63) is 11.8 Å². The van der Waals surface area contributed by atoms with Gasteiger partial charge in [-0.2, -0.15) is 5.10 Å². The van der Waals surface area contributed by atoms with Crippen molar-refractivity contribution in [2.45, 2.75) is 65.3 Å². The molecule has 1 aliphatic heterocycles. The van der Waals surface area contributed by atoms with Crippen molar-refractivity contribution in [3.8, 4) is 0 Å². The van der Waals surface area contributed by atoms with Gasteiger partial charge in [0.25, 0.3) is 0 Å². The van der Waals surface area contributed by atoms with Crippen LogP contribution in [0.5, 0.6) is 0 Å². The number of aryl methyl sites for hydroxylation is 1. The van der Waals surface area contributed by atoms with Crippen LogP contribution in [0.3, 0.4) is 0 Å². The van der Waals surface area contributed by atoms with Gasteiger partial charge in [-0.25, -0.2) is 4.68 Å². The first-order chi connectivity index (χ1) is 11.0. The number of nitrogens with one attached hydrogen (secondary N) is 1. The molecule has 0 unspecified atom stereocenters. The second-order valence-corrected chi connectivity index (χ2v) is 6.26. The van der Waals surface area contributed by atoms with Gasteiger partial charge < -0.3 is 10.2 Å². The third-order valence-electron chi connectivity index (χ3n) is 4.42. The summed E-state index contributed by atoms with van der Waals surface area (Å²) in [4.78, 5) is 26.0. The summed E-state index contributed by atoms with van der Waals surface area (Å²) in [5.74, 6) is 0.665. The molecule has 1 aromatic rings. The largest absolute Gasteiger partial charge is 0.333 e. The highest BCUT2D eigenvalue weighted by atomic mass is 16.2. The van der Waals surface area contributed by atoms with Crippen molar-refractivity contribution >= 4 is 17.6 Å².